The van der Waals surface area contributed by atoms with Gasteiger partial charge in [-0.3, -0.25) is 4.68 Å². The summed E-state index contributed by atoms with van der Waals surface area (Å²) in [6.45, 7) is 5.33. The van der Waals surface area contributed by atoms with E-state index in [4.69, 9.17) is 0 Å². The number of aromatic nitrogens is 2. The molecule has 4 heteroatoms. The van der Waals surface area contributed by atoms with E-state index in [1.165, 1.54) is 10.4 Å². The topological polar surface area (TPSA) is 29.9 Å². The molecule has 0 aromatic carbocycles. The molecule has 0 amide bonds. The highest BCUT2D eigenvalue weighted by molar-refractivity contribution is 7.09. The molecule has 0 spiro atoms. The van der Waals surface area contributed by atoms with Crippen LogP contribution in [0.25, 0.3) is 0 Å². The molecule has 0 radical (unpaired) electrons. The molecule has 18 heavy (non-hydrogen) atoms. The molecule has 1 N–H and O–H groups in total. The van der Waals surface area contributed by atoms with Gasteiger partial charge in [0.15, 0.2) is 0 Å². The predicted molar refractivity (Wildman–Crippen MR) is 77.0 cm³/mol. The van der Waals surface area contributed by atoms with Gasteiger partial charge < -0.3 is 5.32 Å². The first-order valence-corrected chi connectivity index (χ1v) is 7.34. The van der Waals surface area contributed by atoms with Gasteiger partial charge in [-0.2, -0.15) is 5.10 Å². The first-order valence-electron chi connectivity index (χ1n) is 6.46. The summed E-state index contributed by atoms with van der Waals surface area (Å²) in [7, 11) is 1.98. The fourth-order valence-corrected chi connectivity index (χ4v) is 2.95. The smallest absolute Gasteiger partial charge is 0.0641 e. The van der Waals surface area contributed by atoms with Crippen LogP contribution >= 0.6 is 11.3 Å². The third kappa shape index (κ3) is 3.21. The van der Waals surface area contributed by atoms with E-state index < -0.39 is 0 Å². The highest BCUT2D eigenvalue weighted by Gasteiger charge is 2.16. The van der Waals surface area contributed by atoms with E-state index >= 15 is 0 Å². The van der Waals surface area contributed by atoms with Crippen molar-refractivity contribution in [1.29, 1.82) is 0 Å². The van der Waals surface area contributed by atoms with Gasteiger partial charge in [-0.25, -0.2) is 0 Å². The van der Waals surface area contributed by atoms with Crippen LogP contribution in [0.1, 0.15) is 35.5 Å². The zero-order valence-electron chi connectivity index (χ0n) is 11.3. The number of rotatable bonds is 6. The monoisotopic (exact) mass is 263 g/mol. The zero-order valence-corrected chi connectivity index (χ0v) is 12.1. The van der Waals surface area contributed by atoms with Gasteiger partial charge in [0.25, 0.3) is 0 Å². The fourth-order valence-electron chi connectivity index (χ4n) is 2.20. The van der Waals surface area contributed by atoms with Crippen LogP contribution < -0.4 is 5.32 Å². The summed E-state index contributed by atoms with van der Waals surface area (Å²) < 4.78 is 1.90. The van der Waals surface area contributed by atoms with Gasteiger partial charge in [0.1, 0.15) is 0 Å². The van der Waals surface area contributed by atoms with Crippen molar-refractivity contribution in [1.82, 2.24) is 15.1 Å². The molecule has 2 aromatic rings. The van der Waals surface area contributed by atoms with Crippen molar-refractivity contribution < 1.29 is 0 Å². The third-order valence-corrected chi connectivity index (χ3v) is 3.95. The first-order chi connectivity index (χ1) is 8.70. The molecule has 2 rings (SSSR count). The summed E-state index contributed by atoms with van der Waals surface area (Å²) in [6.07, 6.45) is 4.33. The normalized spacial score (nSPS) is 12.8. The van der Waals surface area contributed by atoms with Crippen molar-refractivity contribution in [2.45, 2.75) is 32.7 Å². The molecule has 1 unspecified atom stereocenters. The van der Waals surface area contributed by atoms with Crippen molar-refractivity contribution in [3.8, 4) is 0 Å². The number of hydrogen-bond donors (Lipinski definition) is 1. The average Bonchev–Trinajstić information content (AvgIpc) is 2.94. The SMILES string of the molecule is CCCNC(Cc1cccs1)c1cn(C)nc1C. The van der Waals surface area contributed by atoms with Crippen LogP contribution in [0.15, 0.2) is 23.7 Å². The molecule has 2 heterocycles. The van der Waals surface area contributed by atoms with E-state index in [-0.39, 0.29) is 0 Å². The minimum atomic E-state index is 0.372. The zero-order chi connectivity index (χ0) is 13.0. The quantitative estimate of drug-likeness (QED) is 0.868. The molecule has 0 fully saturated rings. The molecule has 3 nitrogen and oxygen atoms in total. The van der Waals surface area contributed by atoms with Crippen molar-refractivity contribution in [2.24, 2.45) is 7.05 Å². The van der Waals surface area contributed by atoms with Crippen LogP contribution in [0.4, 0.5) is 0 Å². The van der Waals surface area contributed by atoms with Crippen molar-refractivity contribution in [2.75, 3.05) is 6.54 Å². The van der Waals surface area contributed by atoms with Crippen LogP contribution in [0, 0.1) is 6.92 Å². The Balaban J connectivity index is 2.16. The van der Waals surface area contributed by atoms with Crippen LogP contribution in [0.5, 0.6) is 0 Å². The van der Waals surface area contributed by atoms with Gasteiger partial charge in [-0.15, -0.1) is 11.3 Å². The lowest BCUT2D eigenvalue weighted by atomic mass is 10.0. The van der Waals surface area contributed by atoms with Gasteiger partial charge in [0.2, 0.25) is 0 Å². The maximum Gasteiger partial charge on any atom is 0.0641 e. The van der Waals surface area contributed by atoms with Crippen LogP contribution in [0.3, 0.4) is 0 Å². The molecular formula is C14H21N3S. The molecule has 0 aliphatic heterocycles. The van der Waals surface area contributed by atoms with Crippen molar-refractivity contribution >= 4 is 11.3 Å². The summed E-state index contributed by atoms with van der Waals surface area (Å²) in [5.41, 5.74) is 2.45. The minimum absolute atomic E-state index is 0.372. The first kappa shape index (κ1) is 13.3. The molecule has 0 aliphatic rings. The van der Waals surface area contributed by atoms with E-state index in [2.05, 4.69) is 48.0 Å². The highest BCUT2D eigenvalue weighted by Crippen LogP contribution is 2.23. The fraction of sp³-hybridized carbons (Fsp3) is 0.500. The van der Waals surface area contributed by atoms with Crippen molar-refractivity contribution in [3.05, 3.63) is 39.8 Å². The van der Waals surface area contributed by atoms with E-state index in [1.54, 1.807) is 0 Å². The summed E-state index contributed by atoms with van der Waals surface area (Å²) in [5.74, 6) is 0. The van der Waals surface area contributed by atoms with Crippen LogP contribution in [-0.4, -0.2) is 16.3 Å². The Morgan fingerprint density at radius 2 is 2.33 bits per heavy atom. The Morgan fingerprint density at radius 3 is 2.89 bits per heavy atom. The molecule has 0 saturated heterocycles. The number of thiophene rings is 1. The standard InChI is InChI=1S/C14H21N3S/c1-4-7-15-14(9-12-6-5-8-18-12)13-10-17(3)16-11(13)2/h5-6,8,10,14-15H,4,7,9H2,1-3H3. The maximum absolute atomic E-state index is 4.45. The van der Waals surface area contributed by atoms with E-state index in [0.29, 0.717) is 6.04 Å². The van der Waals surface area contributed by atoms with Crippen LogP contribution in [-0.2, 0) is 13.5 Å². The minimum Gasteiger partial charge on any atom is -0.310 e. The third-order valence-electron chi connectivity index (χ3n) is 3.05. The number of aryl methyl sites for hydroxylation is 2. The lowest BCUT2D eigenvalue weighted by Crippen LogP contribution is -2.24. The van der Waals surface area contributed by atoms with E-state index in [9.17, 15) is 0 Å². The van der Waals surface area contributed by atoms with E-state index in [1.807, 2.05) is 23.1 Å². The molecule has 0 aliphatic carbocycles. The molecule has 2 aromatic heterocycles. The van der Waals surface area contributed by atoms with Gasteiger partial charge in [0, 0.05) is 36.1 Å². The predicted octanol–water partition coefficient (Wildman–Crippen LogP) is 3.07. The summed E-state index contributed by atoms with van der Waals surface area (Å²) in [5, 5.41) is 10.2. The molecule has 1 atom stereocenters. The second-order valence-corrected chi connectivity index (χ2v) is 5.67. The van der Waals surface area contributed by atoms with Crippen LogP contribution in [0.2, 0.25) is 0 Å². The second-order valence-electron chi connectivity index (χ2n) is 4.63. The molecule has 98 valence electrons. The van der Waals surface area contributed by atoms with Gasteiger partial charge >= 0.3 is 0 Å². The Kier molecular flexibility index (Phi) is 4.55. The number of nitrogens with one attached hydrogen (secondary N) is 1. The second kappa shape index (κ2) is 6.16. The van der Waals surface area contributed by atoms with Gasteiger partial charge in [-0.1, -0.05) is 13.0 Å². The molecular weight excluding hydrogens is 242 g/mol. The summed E-state index contributed by atoms with van der Waals surface area (Å²) in [6, 6.07) is 4.70. The average molecular weight is 263 g/mol. The lowest BCUT2D eigenvalue weighted by molar-refractivity contribution is 0.530. The Bertz CT molecular complexity index is 473. The Hall–Kier alpha value is -1.13. The number of nitrogens with zero attached hydrogens (tertiary/aromatic N) is 2. The van der Waals surface area contributed by atoms with E-state index in [0.717, 1.165) is 25.1 Å². The molecule has 0 saturated carbocycles. The molecule has 0 bridgehead atoms. The highest BCUT2D eigenvalue weighted by atomic mass is 32.1. The Labute approximate surface area is 113 Å². The Morgan fingerprint density at radius 1 is 1.50 bits per heavy atom. The summed E-state index contributed by atoms with van der Waals surface area (Å²) >= 11 is 1.82. The summed E-state index contributed by atoms with van der Waals surface area (Å²) in [4.78, 5) is 1.42. The lowest BCUT2D eigenvalue weighted by Gasteiger charge is -2.17. The largest absolute Gasteiger partial charge is 0.310 e. The number of hydrogen-bond acceptors (Lipinski definition) is 3. The van der Waals surface area contributed by atoms with Gasteiger partial charge in [0.05, 0.1) is 5.69 Å². The van der Waals surface area contributed by atoms with Crippen molar-refractivity contribution in [3.63, 3.8) is 0 Å². The van der Waals surface area contributed by atoms with Gasteiger partial charge in [-0.05, 0) is 31.3 Å². The maximum atomic E-state index is 4.45.